The molecule has 2 aliphatic rings. The smallest absolute Gasteiger partial charge is 0.306 e. The maximum Gasteiger partial charge on any atom is 0.306 e. The van der Waals surface area contributed by atoms with Gasteiger partial charge in [0.25, 0.3) is 0 Å². The number of ether oxygens (including phenoxy) is 1. The van der Waals surface area contributed by atoms with Crippen molar-refractivity contribution in [1.82, 2.24) is 14.9 Å². The number of nitrogens with zero attached hydrogens (tertiary/aromatic N) is 2. The normalized spacial score (nSPS) is 21.7. The first-order chi connectivity index (χ1) is 16.0. The summed E-state index contributed by atoms with van der Waals surface area (Å²) in [5.74, 6) is -0.519. The molecule has 1 saturated carbocycles. The molecule has 1 aromatic carbocycles. The molecule has 2 N–H and O–H groups in total. The third-order valence-electron chi connectivity index (χ3n) is 7.13. The SMILES string of the molecule is COc1ccc(F)cc1-c1ccnc2[nH]c(C3=CCN(C4CCC(C(=O)O)CC4)CC3)cc12. The quantitative estimate of drug-likeness (QED) is 0.566. The van der Waals surface area contributed by atoms with E-state index in [0.717, 1.165) is 67.5 Å². The Hall–Kier alpha value is -3.19. The zero-order valence-corrected chi connectivity index (χ0v) is 18.7. The van der Waals surface area contributed by atoms with Gasteiger partial charge in [0.2, 0.25) is 0 Å². The lowest BCUT2D eigenvalue weighted by molar-refractivity contribution is -0.143. The van der Waals surface area contributed by atoms with Gasteiger partial charge >= 0.3 is 5.97 Å². The number of nitrogens with one attached hydrogen (secondary N) is 1. The van der Waals surface area contributed by atoms with Crippen LogP contribution in [0, 0.1) is 11.7 Å². The summed E-state index contributed by atoms with van der Waals surface area (Å²) in [4.78, 5) is 21.6. The van der Waals surface area contributed by atoms with E-state index in [4.69, 9.17) is 4.74 Å². The molecule has 1 fully saturated rings. The van der Waals surface area contributed by atoms with Crippen LogP contribution in [-0.2, 0) is 4.79 Å². The largest absolute Gasteiger partial charge is 0.496 e. The number of rotatable bonds is 5. The zero-order valence-electron chi connectivity index (χ0n) is 18.7. The average molecular weight is 450 g/mol. The molecule has 0 unspecified atom stereocenters. The van der Waals surface area contributed by atoms with Gasteiger partial charge < -0.3 is 14.8 Å². The van der Waals surface area contributed by atoms with Gasteiger partial charge in [0.05, 0.1) is 13.0 Å². The number of carboxylic acid groups (broad SMARTS) is 1. The summed E-state index contributed by atoms with van der Waals surface area (Å²) in [6.45, 7) is 1.83. The highest BCUT2D eigenvalue weighted by Gasteiger charge is 2.30. The molecular formula is C26H28FN3O3. The second kappa shape index (κ2) is 8.98. The van der Waals surface area contributed by atoms with Gasteiger partial charge in [-0.2, -0.15) is 0 Å². The highest BCUT2D eigenvalue weighted by Crippen LogP contribution is 2.37. The van der Waals surface area contributed by atoms with Crippen LogP contribution in [0.1, 0.15) is 37.8 Å². The number of methoxy groups -OCH3 is 1. The number of aromatic amines is 1. The van der Waals surface area contributed by atoms with Gasteiger partial charge in [0, 0.05) is 42.0 Å². The monoisotopic (exact) mass is 449 g/mol. The van der Waals surface area contributed by atoms with Crippen molar-refractivity contribution >= 4 is 22.6 Å². The predicted octanol–water partition coefficient (Wildman–Crippen LogP) is 5.11. The van der Waals surface area contributed by atoms with E-state index in [9.17, 15) is 14.3 Å². The van der Waals surface area contributed by atoms with Gasteiger partial charge in [-0.3, -0.25) is 9.69 Å². The number of carboxylic acids is 1. The molecule has 0 saturated heterocycles. The molecule has 172 valence electrons. The third-order valence-corrected chi connectivity index (χ3v) is 7.13. The molecule has 0 bridgehead atoms. The number of aromatic nitrogens is 2. The molecule has 1 aliphatic heterocycles. The summed E-state index contributed by atoms with van der Waals surface area (Å²) < 4.78 is 19.5. The standard InChI is InChI=1S/C26H28FN3O3/c1-33-24-7-4-18(27)14-21(24)20-8-11-28-25-22(20)15-23(29-25)16-9-12-30(13-10-16)19-5-2-17(3-6-19)26(31)32/h4,7-9,11,14-15,17,19H,2-3,5-6,10,12-13H2,1H3,(H,28,29)(H,31,32). The van der Waals surface area contributed by atoms with E-state index in [1.165, 1.54) is 17.7 Å². The second-order valence-corrected chi connectivity index (χ2v) is 8.97. The molecule has 6 nitrogen and oxygen atoms in total. The van der Waals surface area contributed by atoms with Crippen molar-refractivity contribution in [3.63, 3.8) is 0 Å². The lowest BCUT2D eigenvalue weighted by atomic mass is 9.85. The first-order valence-electron chi connectivity index (χ1n) is 11.5. The number of halogens is 1. The van der Waals surface area contributed by atoms with Gasteiger partial charge in [-0.1, -0.05) is 6.08 Å². The first kappa shape index (κ1) is 21.6. The summed E-state index contributed by atoms with van der Waals surface area (Å²) in [6.07, 6.45) is 8.36. The Morgan fingerprint density at radius 3 is 2.70 bits per heavy atom. The molecule has 0 spiro atoms. The Morgan fingerprint density at radius 2 is 2.00 bits per heavy atom. The van der Waals surface area contributed by atoms with Crippen LogP contribution in [0.3, 0.4) is 0 Å². The Bertz CT molecular complexity index is 1210. The van der Waals surface area contributed by atoms with Crippen molar-refractivity contribution in [2.45, 2.75) is 38.1 Å². The molecule has 0 radical (unpaired) electrons. The minimum Gasteiger partial charge on any atom is -0.496 e. The van der Waals surface area contributed by atoms with Crippen LogP contribution in [0.15, 0.2) is 42.6 Å². The van der Waals surface area contributed by atoms with Gasteiger partial charge in [0.15, 0.2) is 0 Å². The minimum atomic E-state index is -0.656. The van der Waals surface area contributed by atoms with Gasteiger partial charge in [-0.05, 0) is 73.6 Å². The number of aliphatic carboxylic acids is 1. The van der Waals surface area contributed by atoms with E-state index in [2.05, 4.69) is 27.0 Å². The topological polar surface area (TPSA) is 78.5 Å². The lowest BCUT2D eigenvalue weighted by Gasteiger charge is -2.37. The highest BCUT2D eigenvalue weighted by atomic mass is 19.1. The highest BCUT2D eigenvalue weighted by molar-refractivity contribution is 5.96. The molecule has 3 heterocycles. The average Bonchev–Trinajstić information content (AvgIpc) is 3.29. The second-order valence-electron chi connectivity index (χ2n) is 8.97. The van der Waals surface area contributed by atoms with Crippen molar-refractivity contribution in [2.75, 3.05) is 20.2 Å². The third kappa shape index (κ3) is 4.25. The molecule has 33 heavy (non-hydrogen) atoms. The van der Waals surface area contributed by atoms with E-state index in [0.29, 0.717) is 17.4 Å². The number of fused-ring (bicyclic) bond motifs is 1. The molecule has 2 aromatic heterocycles. The predicted molar refractivity (Wildman–Crippen MR) is 126 cm³/mol. The van der Waals surface area contributed by atoms with E-state index < -0.39 is 5.97 Å². The Kier molecular flexibility index (Phi) is 5.89. The van der Waals surface area contributed by atoms with Crippen molar-refractivity contribution in [2.24, 2.45) is 5.92 Å². The summed E-state index contributed by atoms with van der Waals surface area (Å²) in [7, 11) is 1.59. The number of benzene rings is 1. The van der Waals surface area contributed by atoms with E-state index in [1.807, 2.05) is 6.07 Å². The van der Waals surface area contributed by atoms with Crippen molar-refractivity contribution in [3.05, 3.63) is 54.1 Å². The maximum absolute atomic E-state index is 14.0. The fraction of sp³-hybridized carbons (Fsp3) is 0.385. The van der Waals surface area contributed by atoms with Gasteiger partial charge in [-0.15, -0.1) is 0 Å². The van der Waals surface area contributed by atoms with Crippen LogP contribution in [-0.4, -0.2) is 52.2 Å². The van der Waals surface area contributed by atoms with Crippen molar-refractivity contribution < 1.29 is 19.0 Å². The minimum absolute atomic E-state index is 0.179. The van der Waals surface area contributed by atoms with Crippen LogP contribution in [0.25, 0.3) is 27.7 Å². The van der Waals surface area contributed by atoms with E-state index in [-0.39, 0.29) is 11.7 Å². The van der Waals surface area contributed by atoms with Crippen LogP contribution < -0.4 is 4.74 Å². The molecule has 1 aliphatic carbocycles. The van der Waals surface area contributed by atoms with Crippen LogP contribution in [0.5, 0.6) is 5.75 Å². The number of pyridine rings is 1. The number of hydrogen-bond acceptors (Lipinski definition) is 4. The van der Waals surface area contributed by atoms with Crippen molar-refractivity contribution in [3.8, 4) is 16.9 Å². The molecule has 5 rings (SSSR count). The summed E-state index contributed by atoms with van der Waals surface area (Å²) >= 11 is 0. The Balaban J connectivity index is 1.37. The van der Waals surface area contributed by atoms with Crippen LogP contribution in [0.4, 0.5) is 4.39 Å². The van der Waals surface area contributed by atoms with Gasteiger partial charge in [-0.25, -0.2) is 9.37 Å². The summed E-state index contributed by atoms with van der Waals surface area (Å²) in [6, 6.07) is 9.00. The van der Waals surface area contributed by atoms with E-state index in [1.54, 1.807) is 19.4 Å². The number of carbonyl (C=O) groups is 1. The zero-order chi connectivity index (χ0) is 22.9. The van der Waals surface area contributed by atoms with Gasteiger partial charge in [0.1, 0.15) is 17.2 Å². The van der Waals surface area contributed by atoms with Crippen LogP contribution >= 0.6 is 0 Å². The molecule has 0 atom stereocenters. The molecule has 3 aromatic rings. The van der Waals surface area contributed by atoms with Crippen LogP contribution in [0.2, 0.25) is 0 Å². The molecule has 0 amide bonds. The maximum atomic E-state index is 14.0. The molecule has 7 heteroatoms. The molecular weight excluding hydrogens is 421 g/mol. The fourth-order valence-corrected chi connectivity index (χ4v) is 5.27. The summed E-state index contributed by atoms with van der Waals surface area (Å²) in [5.41, 5.74) is 4.64. The van der Waals surface area contributed by atoms with Crippen molar-refractivity contribution in [1.29, 1.82) is 0 Å². The number of hydrogen-bond donors (Lipinski definition) is 2. The number of H-pyrrole nitrogens is 1. The lowest BCUT2D eigenvalue weighted by Crippen LogP contribution is -2.41. The Morgan fingerprint density at radius 1 is 1.18 bits per heavy atom. The first-order valence-corrected chi connectivity index (χ1v) is 11.5. The Labute approximate surface area is 192 Å². The summed E-state index contributed by atoms with van der Waals surface area (Å²) in [5, 5.41) is 10.2. The van der Waals surface area contributed by atoms with E-state index >= 15 is 0 Å². The fourth-order valence-electron chi connectivity index (χ4n) is 5.27.